The summed E-state index contributed by atoms with van der Waals surface area (Å²) in [6.07, 6.45) is -1.46. The lowest BCUT2D eigenvalue weighted by Gasteiger charge is -2.12. The predicted molar refractivity (Wildman–Crippen MR) is 80.9 cm³/mol. The van der Waals surface area contributed by atoms with Crippen molar-refractivity contribution in [2.24, 2.45) is 0 Å². The molecule has 0 saturated heterocycles. The molecule has 10 nitrogen and oxygen atoms in total. The molecule has 0 aliphatic heterocycles. The van der Waals surface area contributed by atoms with E-state index in [0.717, 1.165) is 12.2 Å². The number of ether oxygens (including phenoxy) is 4. The van der Waals surface area contributed by atoms with Crippen molar-refractivity contribution in [2.45, 2.75) is 18.6 Å². The monoisotopic (exact) mass is 360 g/mol. The van der Waals surface area contributed by atoms with Gasteiger partial charge < -0.3 is 29.2 Å². The summed E-state index contributed by atoms with van der Waals surface area (Å²) in [7, 11) is 0. The summed E-state index contributed by atoms with van der Waals surface area (Å²) in [5, 5.41) is 18.8. The van der Waals surface area contributed by atoms with Crippen molar-refractivity contribution in [3.05, 3.63) is 25.3 Å². The number of esters is 4. The quantitative estimate of drug-likeness (QED) is 0.185. The van der Waals surface area contributed by atoms with Gasteiger partial charge in [-0.05, 0) is 0 Å². The van der Waals surface area contributed by atoms with Gasteiger partial charge in [-0.2, -0.15) is 0 Å². The average molecular weight is 360 g/mol. The van der Waals surface area contributed by atoms with Gasteiger partial charge in [0.15, 0.2) is 0 Å². The van der Waals surface area contributed by atoms with Gasteiger partial charge in [-0.1, -0.05) is 13.2 Å². The van der Waals surface area contributed by atoms with Crippen molar-refractivity contribution in [2.75, 3.05) is 26.4 Å². The largest absolute Gasteiger partial charge is 0.462 e. The second kappa shape index (κ2) is 12.7. The standard InChI is InChI=1S/C15H20O10/c1-3-12(18)22-6-10(16)8-24-14(20)5-15(21)25-9-11(17)7-23-13(19)4-2/h3-4,10-11,16-17H,1-2,5-9H2. The molecule has 0 rings (SSSR count). The van der Waals surface area contributed by atoms with Crippen LogP contribution in [0.1, 0.15) is 6.42 Å². The van der Waals surface area contributed by atoms with Crippen LogP contribution in [0, 0.1) is 0 Å². The predicted octanol–water partition coefficient (Wildman–Crippen LogP) is -1.36. The third-order valence-corrected chi connectivity index (χ3v) is 2.33. The smallest absolute Gasteiger partial charge is 0.330 e. The van der Waals surface area contributed by atoms with Gasteiger partial charge in [0.2, 0.25) is 0 Å². The van der Waals surface area contributed by atoms with Crippen molar-refractivity contribution in [3.8, 4) is 0 Å². The Morgan fingerprint density at radius 2 is 1.04 bits per heavy atom. The Labute approximate surface area is 143 Å². The first kappa shape index (κ1) is 22.3. The molecule has 0 aromatic heterocycles. The topological polar surface area (TPSA) is 146 Å². The third kappa shape index (κ3) is 12.4. The third-order valence-electron chi connectivity index (χ3n) is 2.33. The van der Waals surface area contributed by atoms with Gasteiger partial charge in [-0.15, -0.1) is 0 Å². The van der Waals surface area contributed by atoms with Crippen molar-refractivity contribution in [1.29, 1.82) is 0 Å². The van der Waals surface area contributed by atoms with Gasteiger partial charge in [-0.3, -0.25) is 9.59 Å². The van der Waals surface area contributed by atoms with E-state index in [1.54, 1.807) is 0 Å². The number of aliphatic hydroxyl groups is 2. The fraction of sp³-hybridized carbons (Fsp3) is 0.467. The summed E-state index contributed by atoms with van der Waals surface area (Å²) < 4.78 is 18.2. The van der Waals surface area contributed by atoms with Crippen LogP contribution < -0.4 is 0 Å². The molecule has 0 saturated carbocycles. The maximum absolute atomic E-state index is 11.3. The van der Waals surface area contributed by atoms with Crippen molar-refractivity contribution in [1.82, 2.24) is 0 Å². The summed E-state index contributed by atoms with van der Waals surface area (Å²) >= 11 is 0. The SMILES string of the molecule is C=CC(=O)OCC(O)COC(=O)CC(=O)OCC(O)COC(=O)C=C. The molecule has 2 atom stereocenters. The Morgan fingerprint density at radius 3 is 1.36 bits per heavy atom. The molecule has 0 aromatic rings. The van der Waals surface area contributed by atoms with Crippen LogP contribution in [0.2, 0.25) is 0 Å². The first-order valence-corrected chi connectivity index (χ1v) is 7.04. The molecular weight excluding hydrogens is 340 g/mol. The number of hydrogen-bond acceptors (Lipinski definition) is 10. The zero-order chi connectivity index (χ0) is 19.2. The zero-order valence-corrected chi connectivity index (χ0v) is 13.4. The molecule has 0 fully saturated rings. The van der Waals surface area contributed by atoms with E-state index in [1.807, 2.05) is 0 Å². The van der Waals surface area contributed by atoms with E-state index in [4.69, 9.17) is 0 Å². The second-order valence-corrected chi connectivity index (χ2v) is 4.52. The normalized spacial score (nSPS) is 12.2. The molecule has 0 amide bonds. The molecule has 0 bridgehead atoms. The van der Waals surface area contributed by atoms with E-state index < -0.39 is 68.9 Å². The Balaban J connectivity index is 3.89. The number of carbonyl (C=O) groups is 4. The fourth-order valence-electron chi connectivity index (χ4n) is 1.17. The van der Waals surface area contributed by atoms with Crippen LogP contribution in [0.5, 0.6) is 0 Å². The molecular formula is C15H20O10. The summed E-state index contributed by atoms with van der Waals surface area (Å²) in [4.78, 5) is 44.2. The second-order valence-electron chi connectivity index (χ2n) is 4.52. The van der Waals surface area contributed by atoms with E-state index in [2.05, 4.69) is 32.1 Å². The molecule has 25 heavy (non-hydrogen) atoms. The first-order valence-electron chi connectivity index (χ1n) is 7.04. The van der Waals surface area contributed by atoms with E-state index in [0.29, 0.717) is 0 Å². The number of hydrogen-bond donors (Lipinski definition) is 2. The van der Waals surface area contributed by atoms with Gasteiger partial charge in [0.05, 0.1) is 0 Å². The van der Waals surface area contributed by atoms with Crippen LogP contribution in [0.25, 0.3) is 0 Å². The Morgan fingerprint density at radius 1 is 0.720 bits per heavy atom. The molecule has 10 heteroatoms. The van der Waals surface area contributed by atoms with Crippen molar-refractivity contribution in [3.63, 3.8) is 0 Å². The molecule has 2 unspecified atom stereocenters. The average Bonchev–Trinajstić information content (AvgIpc) is 2.60. The number of rotatable bonds is 12. The zero-order valence-electron chi connectivity index (χ0n) is 13.4. The highest BCUT2D eigenvalue weighted by Crippen LogP contribution is 1.97. The highest BCUT2D eigenvalue weighted by atomic mass is 16.6. The van der Waals surface area contributed by atoms with Gasteiger partial charge >= 0.3 is 23.9 Å². The Kier molecular flexibility index (Phi) is 11.3. The molecule has 140 valence electrons. The van der Waals surface area contributed by atoms with Crippen LogP contribution in [-0.4, -0.2) is 72.7 Å². The summed E-state index contributed by atoms with van der Waals surface area (Å²) in [6, 6.07) is 0. The van der Waals surface area contributed by atoms with E-state index in [-0.39, 0.29) is 0 Å². The lowest BCUT2D eigenvalue weighted by atomic mass is 10.4. The van der Waals surface area contributed by atoms with E-state index in [1.165, 1.54) is 0 Å². The van der Waals surface area contributed by atoms with E-state index >= 15 is 0 Å². The van der Waals surface area contributed by atoms with Crippen LogP contribution in [0.15, 0.2) is 25.3 Å². The Hall–Kier alpha value is -2.72. The number of aliphatic hydroxyl groups excluding tert-OH is 2. The summed E-state index contributed by atoms with van der Waals surface area (Å²) in [5.41, 5.74) is 0. The van der Waals surface area contributed by atoms with Gasteiger partial charge in [0.1, 0.15) is 45.1 Å². The minimum Gasteiger partial charge on any atom is -0.462 e. The lowest BCUT2D eigenvalue weighted by Crippen LogP contribution is -2.27. The van der Waals surface area contributed by atoms with Gasteiger partial charge in [0, 0.05) is 12.2 Å². The molecule has 0 radical (unpaired) electrons. The molecule has 0 aliphatic rings. The fourth-order valence-corrected chi connectivity index (χ4v) is 1.17. The molecule has 0 heterocycles. The Bertz CT molecular complexity index is 455. The molecule has 0 aromatic carbocycles. The van der Waals surface area contributed by atoms with Crippen LogP contribution in [-0.2, 0) is 38.1 Å². The minimum atomic E-state index is -1.26. The van der Waals surface area contributed by atoms with E-state index in [9.17, 15) is 29.4 Å². The lowest BCUT2D eigenvalue weighted by molar-refractivity contribution is -0.159. The van der Waals surface area contributed by atoms with Crippen LogP contribution >= 0.6 is 0 Å². The van der Waals surface area contributed by atoms with Gasteiger partial charge in [-0.25, -0.2) is 9.59 Å². The van der Waals surface area contributed by atoms with Crippen LogP contribution in [0.3, 0.4) is 0 Å². The van der Waals surface area contributed by atoms with Crippen molar-refractivity contribution >= 4 is 23.9 Å². The highest BCUT2D eigenvalue weighted by molar-refractivity contribution is 5.91. The molecule has 0 aliphatic carbocycles. The summed E-state index contributed by atoms with van der Waals surface area (Å²) in [6.45, 7) is 4.53. The molecule has 0 spiro atoms. The van der Waals surface area contributed by atoms with Gasteiger partial charge in [0.25, 0.3) is 0 Å². The maximum Gasteiger partial charge on any atom is 0.330 e. The van der Waals surface area contributed by atoms with Crippen molar-refractivity contribution < 1.29 is 48.3 Å². The minimum absolute atomic E-state index is 0.405. The first-order chi connectivity index (χ1) is 11.8. The molecule has 2 N–H and O–H groups in total. The summed E-state index contributed by atoms with van der Waals surface area (Å²) in [5.74, 6) is -3.45. The number of carbonyl (C=O) groups excluding carboxylic acids is 4. The maximum atomic E-state index is 11.3. The van der Waals surface area contributed by atoms with Crippen LogP contribution in [0.4, 0.5) is 0 Å². The highest BCUT2D eigenvalue weighted by Gasteiger charge is 2.17.